The van der Waals surface area contributed by atoms with Crippen LogP contribution in [0, 0.1) is 45.3 Å². The molecule has 4 aliphatic carbocycles. The third kappa shape index (κ3) is 6.76. The second-order valence-electron chi connectivity index (χ2n) is 18.0. The molecule has 1 saturated heterocycles. The molecule has 0 bridgehead atoms. The molecule has 0 aromatic heterocycles. The van der Waals surface area contributed by atoms with E-state index in [2.05, 4.69) is 54.2 Å². The molecular formula is C40H64O11. The lowest BCUT2D eigenvalue weighted by molar-refractivity contribution is -0.343. The lowest BCUT2D eigenvalue weighted by Gasteiger charge is -2.70. The van der Waals surface area contributed by atoms with Gasteiger partial charge in [0.15, 0.2) is 6.29 Å². The average molecular weight is 721 g/mol. The van der Waals surface area contributed by atoms with Crippen molar-refractivity contribution in [2.24, 2.45) is 45.3 Å². The number of aliphatic hydroxyl groups is 5. The average Bonchev–Trinajstić information content (AvgIpc) is 3.40. The molecule has 0 aromatic carbocycles. The zero-order valence-corrected chi connectivity index (χ0v) is 32.1. The van der Waals surface area contributed by atoms with E-state index in [9.17, 15) is 35.1 Å². The molecule has 0 amide bonds. The summed E-state index contributed by atoms with van der Waals surface area (Å²) in [5, 5.41) is 54.4. The van der Waals surface area contributed by atoms with Gasteiger partial charge in [-0.2, -0.15) is 0 Å². The summed E-state index contributed by atoms with van der Waals surface area (Å²) in [4.78, 5) is 23.9. The van der Waals surface area contributed by atoms with E-state index in [4.69, 9.17) is 18.9 Å². The largest absolute Gasteiger partial charge is 0.463 e. The Morgan fingerprint density at radius 2 is 1.61 bits per heavy atom. The van der Waals surface area contributed by atoms with Gasteiger partial charge in [-0.05, 0) is 91.9 Å². The Morgan fingerprint density at radius 1 is 0.941 bits per heavy atom. The van der Waals surface area contributed by atoms with Gasteiger partial charge in [0.1, 0.15) is 43.2 Å². The molecule has 4 fully saturated rings. The Kier molecular flexibility index (Phi) is 11.4. The minimum Gasteiger partial charge on any atom is -0.463 e. The van der Waals surface area contributed by atoms with Crippen LogP contribution in [0.25, 0.3) is 0 Å². The Morgan fingerprint density at radius 3 is 2.22 bits per heavy atom. The molecule has 1 heterocycles. The number of hydrogen-bond acceptors (Lipinski definition) is 11. The molecule has 5 N–H and O–H groups in total. The van der Waals surface area contributed by atoms with Crippen LogP contribution in [0.1, 0.15) is 107 Å². The minimum atomic E-state index is -1.59. The fourth-order valence-electron chi connectivity index (χ4n) is 11.8. The van der Waals surface area contributed by atoms with E-state index in [1.165, 1.54) is 19.4 Å². The van der Waals surface area contributed by atoms with Gasteiger partial charge < -0.3 is 44.5 Å². The maximum atomic E-state index is 12.2. The fourth-order valence-corrected chi connectivity index (χ4v) is 11.8. The van der Waals surface area contributed by atoms with Crippen LogP contribution < -0.4 is 0 Å². The Labute approximate surface area is 303 Å². The Hall–Kier alpha value is -1.86. The first-order valence-corrected chi connectivity index (χ1v) is 19.0. The molecule has 11 nitrogen and oxygen atoms in total. The van der Waals surface area contributed by atoms with E-state index in [1.54, 1.807) is 6.92 Å². The minimum absolute atomic E-state index is 0.0627. The summed E-state index contributed by atoms with van der Waals surface area (Å²) in [7, 11) is 0. The van der Waals surface area contributed by atoms with Crippen molar-refractivity contribution in [2.75, 3.05) is 6.61 Å². The number of esters is 2. The first-order valence-electron chi connectivity index (χ1n) is 19.0. The molecule has 1 aliphatic heterocycles. The Balaban J connectivity index is 1.55. The molecule has 51 heavy (non-hydrogen) atoms. The van der Waals surface area contributed by atoms with Gasteiger partial charge >= 0.3 is 11.9 Å². The predicted molar refractivity (Wildman–Crippen MR) is 189 cm³/mol. The summed E-state index contributed by atoms with van der Waals surface area (Å²) in [6.07, 6.45) is -2.04. The van der Waals surface area contributed by atoms with Gasteiger partial charge in [0.25, 0.3) is 0 Å². The molecule has 290 valence electrons. The highest BCUT2D eigenvalue weighted by atomic mass is 16.7. The number of allylic oxidation sites excluding steroid dienone is 2. The van der Waals surface area contributed by atoms with Gasteiger partial charge in [-0.25, -0.2) is 0 Å². The standard InChI is InChI=1S/C40H64O11/c1-20(2)32(44)26(43)17-21(3)24-13-16-39(9)25(24)11-12-28-38(8)15-14-30(49-23(5)42)37(6,7)29(38)18-31(40(28,39)10)51-36-35(47)34(46)33(45)27(50-36)19-48-22(4)41/h11,21,24,26-36,43-47H,1,12-19H2,2-10H3/t21-,24?,26+,27?,28+,29-,30+,31+,32+,33?,34?,35?,36?,38+,39+,40-/m0/s1. The van der Waals surface area contributed by atoms with E-state index in [1.807, 2.05) is 0 Å². The maximum absolute atomic E-state index is 12.2. The number of fused-ring (bicyclic) bond motifs is 5. The van der Waals surface area contributed by atoms with E-state index in [-0.39, 0.29) is 53.2 Å². The van der Waals surface area contributed by atoms with Gasteiger partial charge in [0.2, 0.25) is 0 Å². The van der Waals surface area contributed by atoms with Crippen molar-refractivity contribution in [3.05, 3.63) is 23.8 Å². The second-order valence-corrected chi connectivity index (χ2v) is 18.0. The molecule has 11 heteroatoms. The molecule has 0 aromatic rings. The second kappa shape index (κ2) is 14.4. The highest BCUT2D eigenvalue weighted by Crippen LogP contribution is 2.75. The summed E-state index contributed by atoms with van der Waals surface area (Å²) in [6.45, 7) is 21.5. The Bertz CT molecular complexity index is 1360. The van der Waals surface area contributed by atoms with Crippen molar-refractivity contribution in [1.82, 2.24) is 0 Å². The van der Waals surface area contributed by atoms with Crippen LogP contribution in [-0.4, -0.2) is 99.2 Å². The number of carbonyl (C=O) groups is 2. The fraction of sp³-hybridized carbons (Fsp3) is 0.850. The summed E-state index contributed by atoms with van der Waals surface area (Å²) >= 11 is 0. The number of hydrogen-bond donors (Lipinski definition) is 5. The van der Waals surface area contributed by atoms with E-state index >= 15 is 0 Å². The maximum Gasteiger partial charge on any atom is 0.302 e. The van der Waals surface area contributed by atoms with E-state index in [0.717, 1.165) is 32.1 Å². The summed E-state index contributed by atoms with van der Waals surface area (Å²) in [5.74, 6) is -0.392. The zero-order valence-electron chi connectivity index (χ0n) is 32.1. The smallest absolute Gasteiger partial charge is 0.302 e. The number of carbonyl (C=O) groups excluding carboxylic acids is 2. The third-order valence-electron chi connectivity index (χ3n) is 14.8. The van der Waals surface area contributed by atoms with Crippen LogP contribution in [-0.2, 0) is 28.5 Å². The van der Waals surface area contributed by atoms with Crippen LogP contribution in [0.2, 0.25) is 0 Å². The predicted octanol–water partition coefficient (Wildman–Crippen LogP) is 4.21. The molecule has 0 radical (unpaired) electrons. The summed E-state index contributed by atoms with van der Waals surface area (Å²) < 4.78 is 24.2. The normalized spacial score (nSPS) is 44.9. The first kappa shape index (κ1) is 40.3. The van der Waals surface area contributed by atoms with Crippen molar-refractivity contribution in [1.29, 1.82) is 0 Å². The number of rotatable bonds is 10. The van der Waals surface area contributed by atoms with Crippen molar-refractivity contribution in [3.8, 4) is 0 Å². The molecule has 16 atom stereocenters. The quantitative estimate of drug-likeness (QED) is 0.124. The van der Waals surface area contributed by atoms with Gasteiger partial charge in [-0.1, -0.05) is 59.8 Å². The number of ether oxygens (including phenoxy) is 4. The van der Waals surface area contributed by atoms with Crippen molar-refractivity contribution < 1.29 is 54.1 Å². The zero-order chi connectivity index (χ0) is 38.0. The highest BCUT2D eigenvalue weighted by Gasteiger charge is 2.71. The van der Waals surface area contributed by atoms with Gasteiger partial charge in [-0.15, -0.1) is 0 Å². The van der Waals surface area contributed by atoms with Crippen LogP contribution in [0.4, 0.5) is 0 Å². The monoisotopic (exact) mass is 720 g/mol. The number of aliphatic hydroxyl groups excluding tert-OH is 5. The van der Waals surface area contributed by atoms with Crippen molar-refractivity contribution >= 4 is 11.9 Å². The lowest BCUT2D eigenvalue weighted by Crippen LogP contribution is -2.69. The molecular weight excluding hydrogens is 656 g/mol. The first-order chi connectivity index (χ1) is 23.6. The molecule has 5 aliphatic rings. The van der Waals surface area contributed by atoms with Gasteiger partial charge in [0.05, 0.1) is 12.2 Å². The SMILES string of the molecule is C=C(C)[C@@H](O)[C@H](O)C[C@H](C)C1CC[C@]2(C)C1=CC[C@@H]1[C@@]3(C)CC[C@@H](OC(C)=O)C(C)(C)[C@@H]3C[C@@H](OC3OC(COC(C)=O)C(O)C(O)C3O)[C@]12C. The van der Waals surface area contributed by atoms with Crippen LogP contribution in [0.15, 0.2) is 23.8 Å². The summed E-state index contributed by atoms with van der Waals surface area (Å²) in [6, 6.07) is 0. The topological polar surface area (TPSA) is 172 Å². The van der Waals surface area contributed by atoms with E-state index in [0.29, 0.717) is 18.4 Å². The third-order valence-corrected chi connectivity index (χ3v) is 14.8. The van der Waals surface area contributed by atoms with Crippen molar-refractivity contribution in [3.63, 3.8) is 0 Å². The van der Waals surface area contributed by atoms with Crippen molar-refractivity contribution in [2.45, 2.75) is 162 Å². The van der Waals surface area contributed by atoms with Gasteiger partial charge in [0, 0.05) is 24.7 Å². The van der Waals surface area contributed by atoms with E-state index < -0.39 is 65.8 Å². The molecule has 5 rings (SSSR count). The molecule has 6 unspecified atom stereocenters. The van der Waals surface area contributed by atoms with Crippen LogP contribution in [0.5, 0.6) is 0 Å². The van der Waals surface area contributed by atoms with Crippen LogP contribution >= 0.6 is 0 Å². The molecule has 0 spiro atoms. The van der Waals surface area contributed by atoms with Crippen LogP contribution in [0.3, 0.4) is 0 Å². The van der Waals surface area contributed by atoms with Gasteiger partial charge in [-0.3, -0.25) is 9.59 Å². The highest BCUT2D eigenvalue weighted by molar-refractivity contribution is 5.66. The summed E-state index contributed by atoms with van der Waals surface area (Å²) in [5.41, 5.74) is 0.505. The lowest BCUT2D eigenvalue weighted by atomic mass is 9.36. The molecule has 3 saturated carbocycles.